The molecule has 0 spiro atoms. The number of hydrogen-bond donors (Lipinski definition) is 1. The molecule has 0 bridgehead atoms. The summed E-state index contributed by atoms with van der Waals surface area (Å²) in [5.41, 5.74) is 3.37. The molecule has 8 heteroatoms. The topological polar surface area (TPSA) is 99.8 Å². The number of nitrogens with one attached hydrogen (secondary N) is 1. The number of benzene rings is 1. The number of H-pyrrole nitrogens is 1. The van der Waals surface area contributed by atoms with Crippen LogP contribution in [0.15, 0.2) is 18.2 Å². The van der Waals surface area contributed by atoms with Crippen molar-refractivity contribution in [1.29, 1.82) is 0 Å². The fraction of sp³-hybridized carbons (Fsp3) is 0.478. The lowest BCUT2D eigenvalue weighted by molar-refractivity contribution is -0.146. The molecule has 2 aliphatic heterocycles. The highest BCUT2D eigenvalue weighted by Crippen LogP contribution is 2.38. The first kappa shape index (κ1) is 19.8. The second-order valence-electron chi connectivity index (χ2n) is 8.66. The average Bonchev–Trinajstić information content (AvgIpc) is 3.28. The molecule has 2 fully saturated rings. The van der Waals surface area contributed by atoms with Crippen molar-refractivity contribution < 1.29 is 23.9 Å². The van der Waals surface area contributed by atoms with Gasteiger partial charge in [-0.05, 0) is 31.0 Å². The van der Waals surface area contributed by atoms with Gasteiger partial charge in [0.25, 0.3) is 0 Å². The first-order chi connectivity index (χ1) is 15.0. The van der Waals surface area contributed by atoms with Crippen LogP contribution >= 0.6 is 0 Å². The van der Waals surface area contributed by atoms with Gasteiger partial charge in [-0.1, -0.05) is 12.8 Å². The Kier molecular flexibility index (Phi) is 4.79. The fourth-order valence-electron chi connectivity index (χ4n) is 5.29. The largest absolute Gasteiger partial charge is 0.465 e. The number of fused-ring (bicyclic) bond motifs is 4. The molecule has 2 aromatic rings. The molecule has 1 saturated carbocycles. The first-order valence-electron chi connectivity index (χ1n) is 10.8. The minimum absolute atomic E-state index is 0.185. The van der Waals surface area contributed by atoms with Crippen molar-refractivity contribution in [2.45, 2.75) is 38.6 Å². The van der Waals surface area contributed by atoms with Crippen molar-refractivity contribution in [2.75, 3.05) is 20.2 Å². The van der Waals surface area contributed by atoms with E-state index in [1.807, 2.05) is 6.07 Å². The smallest absolute Gasteiger partial charge is 0.337 e. The van der Waals surface area contributed by atoms with Crippen LogP contribution in [0.5, 0.6) is 0 Å². The maximum Gasteiger partial charge on any atom is 0.337 e. The summed E-state index contributed by atoms with van der Waals surface area (Å²) in [5, 5.41) is 0.884. The number of rotatable bonds is 3. The number of esters is 1. The predicted octanol–water partition coefficient (Wildman–Crippen LogP) is 2.01. The van der Waals surface area contributed by atoms with Gasteiger partial charge in [0, 0.05) is 41.7 Å². The number of carbonyl (C=O) groups is 4. The highest BCUT2D eigenvalue weighted by molar-refractivity contribution is 6.07. The van der Waals surface area contributed by atoms with Gasteiger partial charge in [0.2, 0.25) is 17.7 Å². The molecule has 1 aromatic heterocycles. The Labute approximate surface area is 179 Å². The second-order valence-corrected chi connectivity index (χ2v) is 8.66. The summed E-state index contributed by atoms with van der Waals surface area (Å²) < 4.78 is 4.82. The molecule has 1 aliphatic carbocycles. The van der Waals surface area contributed by atoms with E-state index in [9.17, 15) is 19.2 Å². The van der Waals surface area contributed by atoms with Crippen LogP contribution in [0, 0.1) is 11.8 Å². The quantitative estimate of drug-likeness (QED) is 0.601. The van der Waals surface area contributed by atoms with Crippen LogP contribution < -0.4 is 0 Å². The summed E-state index contributed by atoms with van der Waals surface area (Å²) >= 11 is 0. The predicted molar refractivity (Wildman–Crippen MR) is 111 cm³/mol. The SMILES string of the molecule is COC(=O)c1ccc2[nH]c3c(c2c1)CN(C(=O)CN1C(=O)[C@H]2CCCC[C@H]2C1=O)CC3. The number of nitrogens with zero attached hydrogens (tertiary/aromatic N) is 2. The Morgan fingerprint density at radius 1 is 1.13 bits per heavy atom. The van der Waals surface area contributed by atoms with E-state index in [2.05, 4.69) is 4.98 Å². The van der Waals surface area contributed by atoms with Crippen LogP contribution in [0.1, 0.15) is 47.3 Å². The minimum atomic E-state index is -0.409. The number of carbonyl (C=O) groups excluding carboxylic acids is 4. The number of ether oxygens (including phenoxy) is 1. The van der Waals surface area contributed by atoms with Gasteiger partial charge in [-0.25, -0.2) is 4.79 Å². The van der Waals surface area contributed by atoms with Crippen LogP contribution in [-0.2, 0) is 32.1 Å². The monoisotopic (exact) mass is 423 g/mol. The van der Waals surface area contributed by atoms with Gasteiger partial charge < -0.3 is 14.6 Å². The number of imide groups is 1. The van der Waals surface area contributed by atoms with Crippen molar-refractivity contribution >= 4 is 34.6 Å². The second kappa shape index (κ2) is 7.51. The summed E-state index contributed by atoms with van der Waals surface area (Å²) in [7, 11) is 1.34. The van der Waals surface area contributed by atoms with Crippen molar-refractivity contribution in [3.8, 4) is 0 Å². The van der Waals surface area contributed by atoms with E-state index >= 15 is 0 Å². The van der Waals surface area contributed by atoms with E-state index in [1.54, 1.807) is 17.0 Å². The van der Waals surface area contributed by atoms with Crippen LogP contribution in [0.25, 0.3) is 10.9 Å². The van der Waals surface area contributed by atoms with E-state index in [0.29, 0.717) is 25.1 Å². The van der Waals surface area contributed by atoms with Crippen molar-refractivity contribution in [1.82, 2.24) is 14.8 Å². The van der Waals surface area contributed by atoms with E-state index in [0.717, 1.165) is 47.8 Å². The molecule has 31 heavy (non-hydrogen) atoms. The molecule has 0 radical (unpaired) electrons. The Morgan fingerprint density at radius 2 is 1.84 bits per heavy atom. The lowest BCUT2D eigenvalue weighted by Crippen LogP contribution is -2.44. The highest BCUT2D eigenvalue weighted by Gasteiger charge is 2.48. The fourth-order valence-corrected chi connectivity index (χ4v) is 5.29. The van der Waals surface area contributed by atoms with Gasteiger partial charge in [0.05, 0.1) is 24.5 Å². The lowest BCUT2D eigenvalue weighted by atomic mass is 9.81. The van der Waals surface area contributed by atoms with Gasteiger partial charge in [-0.3, -0.25) is 19.3 Å². The number of methoxy groups -OCH3 is 1. The number of likely N-dealkylation sites (tertiary alicyclic amines) is 1. The standard InChI is InChI=1S/C23H25N3O5/c1-31-23(30)13-6-7-18-16(10-13)17-11-25(9-8-19(17)24-18)20(27)12-26-21(28)14-4-2-3-5-15(14)22(26)29/h6-7,10,14-15,24H,2-5,8-9,11-12H2,1H3/t14-,15+. The normalized spacial score (nSPS) is 23.1. The maximum absolute atomic E-state index is 13.0. The molecule has 0 unspecified atom stereocenters. The number of hydrogen-bond acceptors (Lipinski definition) is 5. The Morgan fingerprint density at radius 3 is 2.52 bits per heavy atom. The van der Waals surface area contributed by atoms with Crippen LogP contribution in [0.3, 0.4) is 0 Å². The third-order valence-electron chi connectivity index (χ3n) is 6.97. The molecule has 3 amide bonds. The van der Waals surface area contributed by atoms with Gasteiger partial charge in [0.1, 0.15) is 6.54 Å². The number of aromatic amines is 1. The lowest BCUT2D eigenvalue weighted by Gasteiger charge is -2.28. The van der Waals surface area contributed by atoms with E-state index in [-0.39, 0.29) is 36.1 Å². The molecule has 1 saturated heterocycles. The third-order valence-corrected chi connectivity index (χ3v) is 6.97. The van der Waals surface area contributed by atoms with Crippen LogP contribution in [-0.4, -0.2) is 58.7 Å². The summed E-state index contributed by atoms with van der Waals surface area (Å²) in [4.78, 5) is 56.6. The van der Waals surface area contributed by atoms with Gasteiger partial charge in [0.15, 0.2) is 0 Å². The Hall–Kier alpha value is -3.16. The zero-order valence-electron chi connectivity index (χ0n) is 17.5. The third kappa shape index (κ3) is 3.21. The van der Waals surface area contributed by atoms with Crippen LogP contribution in [0.4, 0.5) is 0 Å². The van der Waals surface area contributed by atoms with Crippen molar-refractivity contribution in [3.63, 3.8) is 0 Å². The van der Waals surface area contributed by atoms with Crippen molar-refractivity contribution in [3.05, 3.63) is 35.0 Å². The molecular weight excluding hydrogens is 398 g/mol. The maximum atomic E-state index is 13.0. The number of amides is 3. The van der Waals surface area contributed by atoms with Gasteiger partial charge in [-0.2, -0.15) is 0 Å². The highest BCUT2D eigenvalue weighted by atomic mass is 16.5. The average molecular weight is 423 g/mol. The van der Waals surface area contributed by atoms with E-state index < -0.39 is 5.97 Å². The minimum Gasteiger partial charge on any atom is -0.465 e. The Bertz CT molecular complexity index is 1080. The van der Waals surface area contributed by atoms with Gasteiger partial charge >= 0.3 is 5.97 Å². The molecule has 8 nitrogen and oxygen atoms in total. The van der Waals surface area contributed by atoms with Crippen molar-refractivity contribution in [2.24, 2.45) is 11.8 Å². The van der Waals surface area contributed by atoms with Gasteiger partial charge in [-0.15, -0.1) is 0 Å². The zero-order chi connectivity index (χ0) is 21.7. The van der Waals surface area contributed by atoms with Crippen LogP contribution in [0.2, 0.25) is 0 Å². The molecule has 3 heterocycles. The van der Waals surface area contributed by atoms with E-state index in [4.69, 9.17) is 4.74 Å². The summed E-state index contributed by atoms with van der Waals surface area (Å²) in [6.07, 6.45) is 4.06. The molecule has 1 N–H and O–H groups in total. The molecule has 162 valence electrons. The zero-order valence-corrected chi connectivity index (χ0v) is 17.5. The first-order valence-corrected chi connectivity index (χ1v) is 10.8. The Balaban J connectivity index is 1.35. The molecule has 3 aliphatic rings. The summed E-state index contributed by atoms with van der Waals surface area (Å²) in [5.74, 6) is -1.48. The van der Waals surface area contributed by atoms with E-state index in [1.165, 1.54) is 12.0 Å². The summed E-state index contributed by atoms with van der Waals surface area (Å²) in [6.45, 7) is 0.712. The summed E-state index contributed by atoms with van der Waals surface area (Å²) in [6, 6.07) is 5.33. The molecule has 2 atom stereocenters. The molecule has 1 aromatic carbocycles. The molecule has 5 rings (SSSR count). The molecular formula is C23H25N3O5. The number of aromatic nitrogens is 1.